The zero-order valence-electron chi connectivity index (χ0n) is 11.3. The molecule has 0 spiro atoms. The van der Waals surface area contributed by atoms with Crippen molar-refractivity contribution in [2.45, 2.75) is 0 Å². The highest BCUT2D eigenvalue weighted by molar-refractivity contribution is 9.10. The molecule has 7 heteroatoms. The van der Waals surface area contributed by atoms with Gasteiger partial charge in [-0.15, -0.1) is 0 Å². The van der Waals surface area contributed by atoms with Crippen molar-refractivity contribution in [1.82, 2.24) is 9.78 Å². The lowest BCUT2D eigenvalue weighted by atomic mass is 10.1. The highest BCUT2D eigenvalue weighted by Crippen LogP contribution is 2.21. The molecule has 0 saturated heterocycles. The first kappa shape index (κ1) is 14.7. The summed E-state index contributed by atoms with van der Waals surface area (Å²) in [5.41, 5.74) is 2.09. The van der Waals surface area contributed by atoms with Gasteiger partial charge in [0.15, 0.2) is 5.69 Å². The number of nitrogens with one attached hydrogen (secondary N) is 2. The molecule has 3 N–H and O–H groups in total. The highest BCUT2D eigenvalue weighted by atomic mass is 79.9. The van der Waals surface area contributed by atoms with Gasteiger partial charge in [0.05, 0.1) is 11.4 Å². The van der Waals surface area contributed by atoms with Gasteiger partial charge in [0, 0.05) is 28.2 Å². The summed E-state index contributed by atoms with van der Waals surface area (Å²) in [4.78, 5) is 12.2. The number of benzene rings is 2. The number of nitrogens with zero attached hydrogens (tertiary/aromatic N) is 1. The zero-order chi connectivity index (χ0) is 15.7. The smallest absolute Gasteiger partial charge is 0.271 e. The highest BCUT2D eigenvalue weighted by Gasteiger charge is 2.10. The predicted molar refractivity (Wildman–Crippen MR) is 85.3 cm³/mol. The van der Waals surface area contributed by atoms with E-state index in [1.807, 2.05) is 24.3 Å². The second-order valence-corrected chi connectivity index (χ2v) is 5.53. The van der Waals surface area contributed by atoms with Crippen molar-refractivity contribution < 1.29 is 10.4 Å². The summed E-state index contributed by atoms with van der Waals surface area (Å²) in [5, 5.41) is 21.8. The van der Waals surface area contributed by atoms with E-state index in [1.165, 1.54) is 22.9 Å². The van der Waals surface area contributed by atoms with Crippen LogP contribution in [0.5, 0.6) is 0 Å². The topological polar surface area (TPSA) is 85.5 Å². The van der Waals surface area contributed by atoms with E-state index in [9.17, 15) is 10.0 Å². The first-order chi connectivity index (χ1) is 10.6. The predicted octanol–water partition coefficient (Wildman–Crippen LogP) is 2.00. The van der Waals surface area contributed by atoms with Crippen LogP contribution in [0.3, 0.4) is 0 Å². The summed E-state index contributed by atoms with van der Waals surface area (Å²) >= 11 is 3.41. The SMILES string of the molecule is O=c1cc(-c2ccc([NH+]([O-])O)cc2)[nH]n1-c1ccccc1Br. The zero-order valence-corrected chi connectivity index (χ0v) is 12.9. The van der Waals surface area contributed by atoms with Gasteiger partial charge in [0.1, 0.15) is 0 Å². The average molecular weight is 362 g/mol. The van der Waals surface area contributed by atoms with Gasteiger partial charge in [-0.1, -0.05) is 12.1 Å². The number of hydrogen-bond acceptors (Lipinski definition) is 3. The van der Waals surface area contributed by atoms with E-state index < -0.39 is 5.23 Å². The van der Waals surface area contributed by atoms with Crippen molar-refractivity contribution in [3.8, 4) is 16.9 Å². The van der Waals surface area contributed by atoms with Crippen LogP contribution in [0.15, 0.2) is 63.9 Å². The Kier molecular flexibility index (Phi) is 3.95. The number of halogens is 1. The van der Waals surface area contributed by atoms with Gasteiger partial charge >= 0.3 is 0 Å². The maximum Gasteiger partial charge on any atom is 0.271 e. The minimum absolute atomic E-state index is 0.191. The van der Waals surface area contributed by atoms with Crippen LogP contribution < -0.4 is 10.8 Å². The number of aromatic amines is 1. The Morgan fingerprint density at radius 1 is 1.14 bits per heavy atom. The fraction of sp³-hybridized carbons (Fsp3) is 0. The maximum absolute atomic E-state index is 12.2. The minimum Gasteiger partial charge on any atom is -0.595 e. The van der Waals surface area contributed by atoms with Crippen LogP contribution in [-0.2, 0) is 0 Å². The maximum atomic E-state index is 12.2. The number of rotatable bonds is 3. The lowest BCUT2D eigenvalue weighted by Gasteiger charge is -2.11. The normalized spacial score (nSPS) is 12.3. The minimum atomic E-state index is -0.981. The van der Waals surface area contributed by atoms with E-state index in [0.717, 1.165) is 10.0 Å². The molecule has 112 valence electrons. The molecule has 22 heavy (non-hydrogen) atoms. The summed E-state index contributed by atoms with van der Waals surface area (Å²) in [5.74, 6) is 0. The Labute approximate surface area is 133 Å². The Morgan fingerprint density at radius 2 is 1.82 bits per heavy atom. The molecule has 0 saturated carbocycles. The largest absolute Gasteiger partial charge is 0.595 e. The van der Waals surface area contributed by atoms with Crippen LogP contribution in [0.25, 0.3) is 16.9 Å². The third-order valence-electron chi connectivity index (χ3n) is 3.26. The van der Waals surface area contributed by atoms with E-state index >= 15 is 0 Å². The van der Waals surface area contributed by atoms with E-state index in [4.69, 9.17) is 5.21 Å². The van der Waals surface area contributed by atoms with Gasteiger partial charge in [-0.25, -0.2) is 9.89 Å². The number of aromatic nitrogens is 2. The molecule has 1 atom stereocenters. The first-order valence-electron chi connectivity index (χ1n) is 6.47. The van der Waals surface area contributed by atoms with Gasteiger partial charge in [-0.2, -0.15) is 5.23 Å². The first-order valence-corrected chi connectivity index (χ1v) is 7.26. The van der Waals surface area contributed by atoms with Gasteiger partial charge in [0.2, 0.25) is 0 Å². The molecule has 0 aliphatic rings. The second kappa shape index (κ2) is 5.90. The van der Waals surface area contributed by atoms with Crippen LogP contribution in [0.1, 0.15) is 0 Å². The summed E-state index contributed by atoms with van der Waals surface area (Å²) in [6, 6.07) is 15.2. The Balaban J connectivity index is 2.02. The van der Waals surface area contributed by atoms with Crippen LogP contribution in [0, 0.1) is 5.21 Å². The average Bonchev–Trinajstić information content (AvgIpc) is 2.90. The van der Waals surface area contributed by atoms with E-state index in [0.29, 0.717) is 11.4 Å². The Hall–Kier alpha value is -2.19. The second-order valence-electron chi connectivity index (χ2n) is 4.68. The standard InChI is InChI=1S/C15H12BrN3O3/c16-12-3-1-2-4-14(12)18-15(20)9-13(17-18)10-5-7-11(8-6-10)19(21)22/h1-9,17,19,21H. The monoisotopic (exact) mass is 361 g/mol. The summed E-state index contributed by atoms with van der Waals surface area (Å²) in [7, 11) is 0. The van der Waals surface area contributed by atoms with Gasteiger partial charge in [-0.05, 0) is 40.2 Å². The van der Waals surface area contributed by atoms with Crippen molar-refractivity contribution >= 4 is 21.6 Å². The third kappa shape index (κ3) is 2.75. The third-order valence-corrected chi connectivity index (χ3v) is 3.93. The molecule has 0 amide bonds. The molecule has 0 aliphatic heterocycles. The van der Waals surface area contributed by atoms with Crippen molar-refractivity contribution in [1.29, 1.82) is 0 Å². The molecule has 0 radical (unpaired) electrons. The molecule has 3 rings (SSSR count). The molecule has 1 unspecified atom stereocenters. The van der Waals surface area contributed by atoms with Gasteiger partial charge in [-0.3, -0.25) is 9.89 Å². The van der Waals surface area contributed by atoms with E-state index in [-0.39, 0.29) is 11.2 Å². The molecule has 3 aromatic rings. The molecular formula is C15H12BrN3O3. The number of quaternary nitrogens is 1. The lowest BCUT2D eigenvalue weighted by molar-refractivity contribution is -0.991. The fourth-order valence-electron chi connectivity index (χ4n) is 2.15. The van der Waals surface area contributed by atoms with Crippen molar-refractivity contribution in [2.75, 3.05) is 0 Å². The Morgan fingerprint density at radius 3 is 2.45 bits per heavy atom. The molecule has 2 aromatic carbocycles. The summed E-state index contributed by atoms with van der Waals surface area (Å²) in [6.45, 7) is 0. The van der Waals surface area contributed by atoms with Crippen LogP contribution in [0.2, 0.25) is 0 Å². The fourth-order valence-corrected chi connectivity index (χ4v) is 2.61. The molecule has 0 bridgehead atoms. The molecule has 1 heterocycles. The van der Waals surface area contributed by atoms with Crippen molar-refractivity contribution in [2.24, 2.45) is 0 Å². The quantitative estimate of drug-likeness (QED) is 0.623. The van der Waals surface area contributed by atoms with Crippen LogP contribution in [-0.4, -0.2) is 15.0 Å². The summed E-state index contributed by atoms with van der Waals surface area (Å²) in [6.07, 6.45) is 0. The Bertz CT molecular complexity index is 853. The molecule has 6 nitrogen and oxygen atoms in total. The number of H-pyrrole nitrogens is 1. The van der Waals surface area contributed by atoms with Gasteiger partial charge in [0.25, 0.3) is 5.56 Å². The molecule has 1 aromatic heterocycles. The van der Waals surface area contributed by atoms with Crippen LogP contribution >= 0.6 is 15.9 Å². The van der Waals surface area contributed by atoms with Crippen molar-refractivity contribution in [3.63, 3.8) is 0 Å². The lowest BCUT2D eigenvalue weighted by Crippen LogP contribution is -2.99. The summed E-state index contributed by atoms with van der Waals surface area (Å²) < 4.78 is 2.23. The van der Waals surface area contributed by atoms with Crippen molar-refractivity contribution in [3.05, 3.63) is 74.6 Å². The van der Waals surface area contributed by atoms with Crippen LogP contribution in [0.4, 0.5) is 5.69 Å². The van der Waals surface area contributed by atoms with E-state index in [2.05, 4.69) is 21.0 Å². The molecular weight excluding hydrogens is 350 g/mol. The molecule has 0 aliphatic carbocycles. The molecule has 0 fully saturated rings. The van der Waals surface area contributed by atoms with E-state index in [1.54, 1.807) is 12.1 Å². The van der Waals surface area contributed by atoms with Gasteiger partial charge < -0.3 is 5.21 Å². The number of para-hydroxylation sites is 1. The number of hydrogen-bond donors (Lipinski definition) is 3.